The first-order valence-electron chi connectivity index (χ1n) is 8.12. The van der Waals surface area contributed by atoms with Crippen LogP contribution in [0.25, 0.3) is 11.3 Å². The Balaban J connectivity index is 1.90. The highest BCUT2D eigenvalue weighted by molar-refractivity contribution is 5.93. The van der Waals surface area contributed by atoms with Crippen LogP contribution in [0, 0.1) is 5.92 Å². The maximum atomic E-state index is 12.7. The Morgan fingerprint density at radius 2 is 2.08 bits per heavy atom. The number of piperidine rings is 1. The van der Waals surface area contributed by atoms with Crippen LogP contribution >= 0.6 is 0 Å². The van der Waals surface area contributed by atoms with Crippen LogP contribution < -0.4 is 10.4 Å². The smallest absolute Gasteiger partial charge is 0.346 e. The molecule has 0 aliphatic carbocycles. The van der Waals surface area contributed by atoms with Crippen molar-refractivity contribution >= 4 is 5.91 Å². The molecule has 1 N–H and O–H groups in total. The molecule has 0 spiro atoms. The van der Waals surface area contributed by atoms with Crippen LogP contribution in [0.15, 0.2) is 35.1 Å². The molecule has 0 saturated carbocycles. The minimum atomic E-state index is -0.517. The van der Waals surface area contributed by atoms with Crippen LogP contribution in [-0.4, -0.2) is 41.0 Å². The molecule has 1 atom stereocenters. The predicted octanol–water partition coefficient (Wildman–Crippen LogP) is 2.32. The number of benzene rings is 1. The molecule has 1 aliphatic heterocycles. The fourth-order valence-electron chi connectivity index (χ4n) is 3.03. The van der Waals surface area contributed by atoms with E-state index in [0.717, 1.165) is 37.2 Å². The highest BCUT2D eigenvalue weighted by Gasteiger charge is 2.23. The monoisotopic (exact) mass is 327 g/mol. The summed E-state index contributed by atoms with van der Waals surface area (Å²) in [7, 11) is 1.59. The SMILES string of the molecule is COc1ccc(-c2cc(C(=O)N3CCCC(C)C3)[nH]c(=O)n2)cc1. The van der Waals surface area contributed by atoms with Crippen molar-refractivity contribution in [3.8, 4) is 17.0 Å². The van der Waals surface area contributed by atoms with Crippen molar-refractivity contribution in [3.63, 3.8) is 0 Å². The van der Waals surface area contributed by atoms with Gasteiger partial charge in [0.15, 0.2) is 0 Å². The number of H-pyrrole nitrogens is 1. The predicted molar refractivity (Wildman–Crippen MR) is 91.1 cm³/mol. The molecule has 1 aromatic heterocycles. The molecule has 1 unspecified atom stereocenters. The van der Waals surface area contributed by atoms with Crippen molar-refractivity contribution in [2.75, 3.05) is 20.2 Å². The zero-order valence-electron chi connectivity index (χ0n) is 13.9. The second-order valence-corrected chi connectivity index (χ2v) is 6.21. The van der Waals surface area contributed by atoms with Crippen LogP contribution in [0.4, 0.5) is 0 Å². The number of hydrogen-bond acceptors (Lipinski definition) is 4. The summed E-state index contributed by atoms with van der Waals surface area (Å²) in [6.07, 6.45) is 2.13. The van der Waals surface area contributed by atoms with E-state index in [1.54, 1.807) is 30.2 Å². The summed E-state index contributed by atoms with van der Waals surface area (Å²) in [5, 5.41) is 0. The van der Waals surface area contributed by atoms with Crippen molar-refractivity contribution < 1.29 is 9.53 Å². The number of nitrogens with one attached hydrogen (secondary N) is 1. The van der Waals surface area contributed by atoms with Gasteiger partial charge in [0.1, 0.15) is 11.4 Å². The zero-order valence-corrected chi connectivity index (χ0v) is 13.9. The van der Waals surface area contributed by atoms with Crippen molar-refractivity contribution in [3.05, 3.63) is 46.5 Å². The second-order valence-electron chi connectivity index (χ2n) is 6.21. The van der Waals surface area contributed by atoms with Gasteiger partial charge in [0.2, 0.25) is 0 Å². The fraction of sp³-hybridized carbons (Fsp3) is 0.389. The Morgan fingerprint density at radius 3 is 2.75 bits per heavy atom. The van der Waals surface area contributed by atoms with Gasteiger partial charge in [-0.25, -0.2) is 4.79 Å². The van der Waals surface area contributed by atoms with E-state index in [-0.39, 0.29) is 11.6 Å². The van der Waals surface area contributed by atoms with Crippen molar-refractivity contribution in [2.24, 2.45) is 5.92 Å². The summed E-state index contributed by atoms with van der Waals surface area (Å²) in [6.45, 7) is 3.59. The summed E-state index contributed by atoms with van der Waals surface area (Å²) < 4.78 is 5.13. The number of aromatic nitrogens is 2. The molecule has 24 heavy (non-hydrogen) atoms. The average molecular weight is 327 g/mol. The maximum absolute atomic E-state index is 12.7. The van der Waals surface area contributed by atoms with Crippen molar-refractivity contribution in [2.45, 2.75) is 19.8 Å². The van der Waals surface area contributed by atoms with Crippen molar-refractivity contribution in [1.82, 2.24) is 14.9 Å². The first-order chi connectivity index (χ1) is 11.6. The molecule has 1 fully saturated rings. The molecule has 126 valence electrons. The average Bonchev–Trinajstić information content (AvgIpc) is 2.60. The lowest BCUT2D eigenvalue weighted by atomic mass is 10.00. The zero-order chi connectivity index (χ0) is 17.1. The summed E-state index contributed by atoms with van der Waals surface area (Å²) >= 11 is 0. The maximum Gasteiger partial charge on any atom is 0.346 e. The number of hydrogen-bond donors (Lipinski definition) is 1. The molecule has 1 saturated heterocycles. The van der Waals surface area contributed by atoms with Gasteiger partial charge in [0.05, 0.1) is 12.8 Å². The van der Waals surface area contributed by atoms with Gasteiger partial charge in [-0.2, -0.15) is 4.98 Å². The topological polar surface area (TPSA) is 75.3 Å². The van der Waals surface area contributed by atoms with E-state index in [1.165, 1.54) is 0 Å². The van der Waals surface area contributed by atoms with E-state index in [1.807, 2.05) is 12.1 Å². The first kappa shape index (κ1) is 16.2. The van der Waals surface area contributed by atoms with Gasteiger partial charge < -0.3 is 14.6 Å². The summed E-state index contributed by atoms with van der Waals surface area (Å²) in [5.41, 5.74) is 1.02. The number of methoxy groups -OCH3 is 1. The quantitative estimate of drug-likeness (QED) is 0.939. The molecule has 0 radical (unpaired) electrons. The molecule has 1 aromatic carbocycles. The second kappa shape index (κ2) is 6.86. The Morgan fingerprint density at radius 1 is 1.33 bits per heavy atom. The van der Waals surface area contributed by atoms with E-state index in [9.17, 15) is 9.59 Å². The number of ether oxygens (including phenoxy) is 1. The molecular formula is C18H21N3O3. The number of nitrogens with zero attached hydrogens (tertiary/aromatic N) is 2. The van der Waals surface area contributed by atoms with Gasteiger partial charge in [-0.3, -0.25) is 4.79 Å². The standard InChI is InChI=1S/C18H21N3O3/c1-12-4-3-9-21(11-12)17(22)16-10-15(19-18(23)20-16)13-5-7-14(24-2)8-6-13/h5-8,10,12H,3-4,9,11H2,1-2H3,(H,19,20,23). The lowest BCUT2D eigenvalue weighted by Gasteiger charge is -2.30. The number of aromatic amines is 1. The van der Waals surface area contributed by atoms with E-state index < -0.39 is 5.69 Å². The molecule has 2 heterocycles. The van der Waals surface area contributed by atoms with E-state index in [4.69, 9.17) is 4.74 Å². The summed E-state index contributed by atoms with van der Waals surface area (Å²) in [4.78, 5) is 32.9. The molecule has 1 amide bonds. The normalized spacial score (nSPS) is 17.6. The van der Waals surface area contributed by atoms with Crippen LogP contribution in [0.3, 0.4) is 0 Å². The summed E-state index contributed by atoms with van der Waals surface area (Å²) in [5.74, 6) is 1.07. The highest BCUT2D eigenvalue weighted by atomic mass is 16.5. The van der Waals surface area contributed by atoms with E-state index in [2.05, 4.69) is 16.9 Å². The van der Waals surface area contributed by atoms with Crippen LogP contribution in [0.5, 0.6) is 5.75 Å². The largest absolute Gasteiger partial charge is 0.497 e. The van der Waals surface area contributed by atoms with Gasteiger partial charge in [-0.15, -0.1) is 0 Å². The minimum Gasteiger partial charge on any atom is -0.497 e. The summed E-state index contributed by atoms with van der Waals surface area (Å²) in [6, 6.07) is 8.87. The highest BCUT2D eigenvalue weighted by Crippen LogP contribution is 2.21. The Kier molecular flexibility index (Phi) is 4.64. The van der Waals surface area contributed by atoms with Gasteiger partial charge in [0.25, 0.3) is 5.91 Å². The lowest BCUT2D eigenvalue weighted by molar-refractivity contribution is 0.0676. The van der Waals surface area contributed by atoms with Crippen LogP contribution in [-0.2, 0) is 0 Å². The number of likely N-dealkylation sites (tertiary alicyclic amines) is 1. The molecule has 1 aliphatic rings. The van der Waals surface area contributed by atoms with Gasteiger partial charge in [0, 0.05) is 18.7 Å². The fourth-order valence-corrected chi connectivity index (χ4v) is 3.03. The number of rotatable bonds is 3. The minimum absolute atomic E-state index is 0.143. The molecule has 3 rings (SSSR count). The Bertz CT molecular complexity index is 783. The Labute approximate surface area is 140 Å². The third kappa shape index (κ3) is 3.48. The first-order valence-corrected chi connectivity index (χ1v) is 8.12. The van der Waals surface area contributed by atoms with Crippen molar-refractivity contribution in [1.29, 1.82) is 0 Å². The van der Waals surface area contributed by atoms with E-state index >= 15 is 0 Å². The number of amides is 1. The molecule has 0 bridgehead atoms. The number of carbonyl (C=O) groups excluding carboxylic acids is 1. The molecular weight excluding hydrogens is 306 g/mol. The number of carbonyl (C=O) groups is 1. The van der Waals surface area contributed by atoms with Crippen LogP contribution in [0.1, 0.15) is 30.3 Å². The van der Waals surface area contributed by atoms with Gasteiger partial charge in [-0.1, -0.05) is 6.92 Å². The Hall–Kier alpha value is -2.63. The molecule has 6 nitrogen and oxygen atoms in total. The van der Waals surface area contributed by atoms with E-state index in [0.29, 0.717) is 11.6 Å². The van der Waals surface area contributed by atoms with Gasteiger partial charge >= 0.3 is 5.69 Å². The third-order valence-electron chi connectivity index (χ3n) is 4.31. The molecule has 2 aromatic rings. The molecule has 6 heteroatoms. The lowest BCUT2D eigenvalue weighted by Crippen LogP contribution is -2.40. The van der Waals surface area contributed by atoms with Gasteiger partial charge in [-0.05, 0) is 49.1 Å². The third-order valence-corrected chi connectivity index (χ3v) is 4.31. The van der Waals surface area contributed by atoms with Crippen LogP contribution in [0.2, 0.25) is 0 Å².